The first-order chi connectivity index (χ1) is 12.1. The highest BCUT2D eigenvalue weighted by Gasteiger charge is 2.45. The van der Waals surface area contributed by atoms with E-state index in [1.165, 1.54) is 25.3 Å². The van der Waals surface area contributed by atoms with Crippen LogP contribution in [0.5, 0.6) is 0 Å². The molecule has 1 atom stereocenters. The number of hydrogen-bond acceptors (Lipinski definition) is 5. The van der Waals surface area contributed by atoms with E-state index < -0.39 is 17.2 Å². The van der Waals surface area contributed by atoms with Gasteiger partial charge in [0.05, 0.1) is 20.3 Å². The molecule has 6 heteroatoms. The van der Waals surface area contributed by atoms with Crippen LogP contribution in [0.2, 0.25) is 0 Å². The van der Waals surface area contributed by atoms with E-state index in [-0.39, 0.29) is 31.9 Å². The Labute approximate surface area is 145 Å². The zero-order valence-corrected chi connectivity index (χ0v) is 13.8. The third kappa shape index (κ3) is 4.42. The molecule has 0 bridgehead atoms. The summed E-state index contributed by atoms with van der Waals surface area (Å²) in [5.41, 5.74) is -0.640. The van der Waals surface area contributed by atoms with Crippen molar-refractivity contribution >= 4 is 12.4 Å². The molecule has 0 saturated heterocycles. The number of methoxy groups -OCH3 is 1. The quantitative estimate of drug-likeness (QED) is 0.516. The van der Waals surface area contributed by atoms with Gasteiger partial charge in [-0.05, 0) is 11.6 Å². The van der Waals surface area contributed by atoms with Crippen molar-refractivity contribution in [1.82, 2.24) is 0 Å². The van der Waals surface area contributed by atoms with Gasteiger partial charge in [-0.15, -0.1) is 0 Å². The van der Waals surface area contributed by atoms with E-state index in [0.29, 0.717) is 0 Å². The first-order valence-electron chi connectivity index (χ1n) is 7.64. The maximum Gasteiger partial charge on any atom is 0.322 e. The number of carbonyl (C=O) groups excluding carboxylic acids is 2. The van der Waals surface area contributed by atoms with E-state index >= 15 is 0 Å². The van der Waals surface area contributed by atoms with Gasteiger partial charge in [-0.25, -0.2) is 4.39 Å². The molecular weight excluding hydrogens is 327 g/mol. The van der Waals surface area contributed by atoms with E-state index in [1.807, 2.05) is 30.3 Å². The van der Waals surface area contributed by atoms with Crippen molar-refractivity contribution in [2.24, 2.45) is 0 Å². The average Bonchev–Trinajstić information content (AvgIpc) is 2.65. The lowest BCUT2D eigenvalue weighted by molar-refractivity contribution is -0.155. The minimum Gasteiger partial charge on any atom is -0.468 e. The minimum atomic E-state index is -1.59. The highest BCUT2D eigenvalue weighted by Crippen LogP contribution is 2.29. The molecule has 0 N–H and O–H groups in total. The van der Waals surface area contributed by atoms with Crippen molar-refractivity contribution in [3.63, 3.8) is 0 Å². The summed E-state index contributed by atoms with van der Waals surface area (Å²) in [4.78, 5) is 23.1. The molecule has 0 aliphatic rings. The monoisotopic (exact) mass is 346 g/mol. The Kier molecular flexibility index (Phi) is 6.65. The fourth-order valence-corrected chi connectivity index (χ4v) is 2.56. The van der Waals surface area contributed by atoms with Crippen LogP contribution in [0.25, 0.3) is 0 Å². The molecule has 1 unspecified atom stereocenters. The van der Waals surface area contributed by atoms with E-state index in [4.69, 9.17) is 14.2 Å². The van der Waals surface area contributed by atoms with Crippen LogP contribution in [-0.2, 0) is 35.8 Å². The van der Waals surface area contributed by atoms with Crippen molar-refractivity contribution < 1.29 is 28.2 Å². The molecule has 2 rings (SSSR count). The molecule has 0 spiro atoms. The van der Waals surface area contributed by atoms with Crippen molar-refractivity contribution in [3.05, 3.63) is 71.5 Å². The van der Waals surface area contributed by atoms with Gasteiger partial charge in [0.25, 0.3) is 6.47 Å². The molecule has 5 nitrogen and oxygen atoms in total. The van der Waals surface area contributed by atoms with Gasteiger partial charge in [0.1, 0.15) is 12.4 Å². The van der Waals surface area contributed by atoms with Crippen LogP contribution in [0.1, 0.15) is 11.1 Å². The lowest BCUT2D eigenvalue weighted by atomic mass is 9.81. The van der Waals surface area contributed by atoms with Crippen LogP contribution in [0.3, 0.4) is 0 Å². The molecule has 0 radical (unpaired) electrons. The number of carbonyl (C=O) groups is 2. The summed E-state index contributed by atoms with van der Waals surface area (Å²) in [7, 11) is 1.19. The molecule has 0 saturated carbocycles. The summed E-state index contributed by atoms with van der Waals surface area (Å²) in [5, 5.41) is 0. The predicted molar refractivity (Wildman–Crippen MR) is 88.2 cm³/mol. The van der Waals surface area contributed by atoms with Crippen LogP contribution in [0.15, 0.2) is 54.6 Å². The zero-order chi connectivity index (χ0) is 18.1. The summed E-state index contributed by atoms with van der Waals surface area (Å²) in [6.45, 7) is -0.174. The van der Waals surface area contributed by atoms with Crippen LogP contribution in [-0.4, -0.2) is 32.8 Å². The van der Waals surface area contributed by atoms with Crippen molar-refractivity contribution in [2.75, 3.05) is 20.3 Å². The predicted octanol–water partition coefficient (Wildman–Crippen LogP) is 2.63. The highest BCUT2D eigenvalue weighted by atomic mass is 19.1. The van der Waals surface area contributed by atoms with Gasteiger partial charge >= 0.3 is 5.97 Å². The third-order valence-electron chi connectivity index (χ3n) is 3.82. The normalized spacial score (nSPS) is 12.9. The van der Waals surface area contributed by atoms with Gasteiger partial charge in [0, 0.05) is 5.56 Å². The molecule has 132 valence electrons. The molecule has 0 amide bonds. The molecule has 2 aromatic rings. The summed E-state index contributed by atoms with van der Waals surface area (Å²) in [6, 6.07) is 15.1. The molecule has 0 aromatic heterocycles. The number of esters is 1. The highest BCUT2D eigenvalue weighted by molar-refractivity contribution is 5.84. The van der Waals surface area contributed by atoms with Gasteiger partial charge in [0.15, 0.2) is 5.41 Å². The molecule has 2 aromatic carbocycles. The summed E-state index contributed by atoms with van der Waals surface area (Å²) < 4.78 is 29.7. The second-order valence-electron chi connectivity index (χ2n) is 5.44. The fourth-order valence-electron chi connectivity index (χ4n) is 2.56. The molecule has 0 aliphatic heterocycles. The summed E-state index contributed by atoms with van der Waals surface area (Å²) >= 11 is 0. The molecule has 0 fully saturated rings. The lowest BCUT2D eigenvalue weighted by Crippen LogP contribution is -2.46. The third-order valence-corrected chi connectivity index (χ3v) is 3.82. The first-order valence-corrected chi connectivity index (χ1v) is 7.64. The molecular formula is C19H19FO5. The Morgan fingerprint density at radius 2 is 1.76 bits per heavy atom. The number of benzene rings is 2. The van der Waals surface area contributed by atoms with Gasteiger partial charge in [0.2, 0.25) is 0 Å². The Bertz CT molecular complexity index is 704. The Hall–Kier alpha value is -2.73. The van der Waals surface area contributed by atoms with Crippen LogP contribution >= 0.6 is 0 Å². The number of hydrogen-bond donors (Lipinski definition) is 0. The average molecular weight is 346 g/mol. The van der Waals surface area contributed by atoms with E-state index in [9.17, 15) is 14.0 Å². The lowest BCUT2D eigenvalue weighted by Gasteiger charge is -2.30. The first kappa shape index (κ1) is 18.6. The second-order valence-corrected chi connectivity index (χ2v) is 5.44. The van der Waals surface area contributed by atoms with E-state index in [1.54, 1.807) is 6.07 Å². The molecule has 25 heavy (non-hydrogen) atoms. The van der Waals surface area contributed by atoms with Gasteiger partial charge in [-0.3, -0.25) is 9.59 Å². The minimum absolute atomic E-state index is 0.0526. The maximum atomic E-state index is 14.4. The standard InChI is InChI=1S/C19H19FO5/c1-23-18(22)19(13-25-14-21,16-9-5-6-10-17(16)20)12-24-11-15-7-3-2-4-8-15/h2-10,14H,11-13H2,1H3. The zero-order valence-electron chi connectivity index (χ0n) is 13.8. The van der Waals surface area contributed by atoms with E-state index in [0.717, 1.165) is 5.56 Å². The van der Waals surface area contributed by atoms with E-state index in [2.05, 4.69) is 0 Å². The number of halogens is 1. The van der Waals surface area contributed by atoms with Crippen molar-refractivity contribution in [2.45, 2.75) is 12.0 Å². The van der Waals surface area contributed by atoms with Gasteiger partial charge < -0.3 is 14.2 Å². The van der Waals surface area contributed by atoms with Gasteiger partial charge in [-0.1, -0.05) is 48.5 Å². The maximum absolute atomic E-state index is 14.4. The van der Waals surface area contributed by atoms with Crippen LogP contribution in [0, 0.1) is 5.82 Å². The largest absolute Gasteiger partial charge is 0.468 e. The smallest absolute Gasteiger partial charge is 0.322 e. The van der Waals surface area contributed by atoms with Gasteiger partial charge in [-0.2, -0.15) is 0 Å². The SMILES string of the molecule is COC(=O)C(COC=O)(COCc1ccccc1)c1ccccc1F. The second kappa shape index (κ2) is 8.94. The van der Waals surface area contributed by atoms with Crippen molar-refractivity contribution in [3.8, 4) is 0 Å². The fraction of sp³-hybridized carbons (Fsp3) is 0.263. The Balaban J connectivity index is 2.30. The topological polar surface area (TPSA) is 61.8 Å². The Morgan fingerprint density at radius 3 is 2.40 bits per heavy atom. The summed E-state index contributed by atoms with van der Waals surface area (Å²) in [6.07, 6.45) is 0. The Morgan fingerprint density at radius 1 is 1.08 bits per heavy atom. The van der Waals surface area contributed by atoms with Crippen LogP contribution < -0.4 is 0 Å². The molecule has 0 aliphatic carbocycles. The van der Waals surface area contributed by atoms with Crippen molar-refractivity contribution in [1.29, 1.82) is 0 Å². The van der Waals surface area contributed by atoms with Crippen LogP contribution in [0.4, 0.5) is 4.39 Å². The number of rotatable bonds is 9. The summed E-state index contributed by atoms with van der Waals surface area (Å²) in [5.74, 6) is -1.35. The number of ether oxygens (including phenoxy) is 3. The molecule has 0 heterocycles.